The molecule has 0 radical (unpaired) electrons. The van der Waals surface area contributed by atoms with Gasteiger partial charge in [0.1, 0.15) is 5.82 Å². The summed E-state index contributed by atoms with van der Waals surface area (Å²) in [7, 11) is 0. The Morgan fingerprint density at radius 1 is 1.37 bits per heavy atom. The molecule has 2 heterocycles. The van der Waals surface area contributed by atoms with Crippen LogP contribution < -0.4 is 0 Å². The van der Waals surface area contributed by atoms with Crippen LogP contribution >= 0.6 is 0 Å². The van der Waals surface area contributed by atoms with E-state index in [1.165, 1.54) is 12.1 Å². The van der Waals surface area contributed by atoms with E-state index < -0.39 is 0 Å². The molecule has 0 amide bonds. The van der Waals surface area contributed by atoms with Crippen LogP contribution in [0.2, 0.25) is 0 Å². The summed E-state index contributed by atoms with van der Waals surface area (Å²) in [5.41, 5.74) is 0.720. The van der Waals surface area contributed by atoms with Crippen molar-refractivity contribution in [3.05, 3.63) is 36.0 Å². The zero-order valence-corrected chi connectivity index (χ0v) is 10.3. The summed E-state index contributed by atoms with van der Waals surface area (Å²) in [6.07, 6.45) is 0.512. The highest BCUT2D eigenvalue weighted by molar-refractivity contribution is 5.53. The Balaban J connectivity index is 1.71. The van der Waals surface area contributed by atoms with E-state index in [9.17, 15) is 9.50 Å². The Bertz CT molecular complexity index is 555. The third-order valence-electron chi connectivity index (χ3n) is 3.18. The first-order valence-electron chi connectivity index (χ1n) is 6.19. The largest absolute Gasteiger partial charge is 0.392 e. The summed E-state index contributed by atoms with van der Waals surface area (Å²) in [4.78, 5) is 6.34. The lowest BCUT2D eigenvalue weighted by Crippen LogP contribution is -2.21. The van der Waals surface area contributed by atoms with Gasteiger partial charge >= 0.3 is 0 Å². The Morgan fingerprint density at radius 2 is 2.16 bits per heavy atom. The zero-order chi connectivity index (χ0) is 13.2. The van der Waals surface area contributed by atoms with Crippen LogP contribution in [0, 0.1) is 5.82 Å². The van der Waals surface area contributed by atoms with E-state index in [0.29, 0.717) is 24.8 Å². The average Bonchev–Trinajstić information content (AvgIpc) is 3.00. The van der Waals surface area contributed by atoms with E-state index in [1.54, 1.807) is 12.1 Å². The fourth-order valence-electron chi connectivity index (χ4n) is 2.18. The van der Waals surface area contributed by atoms with Crippen molar-refractivity contribution in [1.29, 1.82) is 0 Å². The average molecular weight is 263 g/mol. The van der Waals surface area contributed by atoms with E-state index in [2.05, 4.69) is 15.0 Å². The molecule has 0 bridgehead atoms. The molecule has 3 rings (SSSR count). The normalized spacial score (nSPS) is 20.0. The Morgan fingerprint density at radius 3 is 2.84 bits per heavy atom. The Hall–Kier alpha value is -1.79. The molecular weight excluding hydrogens is 249 g/mol. The number of aliphatic hydroxyl groups excluding tert-OH is 1. The Kier molecular flexibility index (Phi) is 3.27. The number of β-amino-alcohol motifs (C(OH)–C–C–N with tert-alkyl or cyclic N) is 1. The Labute approximate surface area is 109 Å². The number of hydrogen-bond acceptors (Lipinski definition) is 5. The van der Waals surface area contributed by atoms with Gasteiger partial charge in [0.25, 0.3) is 0 Å². The van der Waals surface area contributed by atoms with Gasteiger partial charge in [-0.1, -0.05) is 5.16 Å². The van der Waals surface area contributed by atoms with Crippen molar-refractivity contribution in [3.63, 3.8) is 0 Å². The van der Waals surface area contributed by atoms with Gasteiger partial charge < -0.3 is 9.63 Å². The van der Waals surface area contributed by atoms with Crippen molar-refractivity contribution in [2.75, 3.05) is 13.1 Å². The van der Waals surface area contributed by atoms with Gasteiger partial charge in [-0.25, -0.2) is 4.39 Å². The number of benzene rings is 1. The molecule has 2 aromatic rings. The van der Waals surface area contributed by atoms with Gasteiger partial charge in [-0.3, -0.25) is 4.90 Å². The van der Waals surface area contributed by atoms with Crippen molar-refractivity contribution in [2.24, 2.45) is 0 Å². The van der Waals surface area contributed by atoms with Crippen molar-refractivity contribution >= 4 is 0 Å². The maximum atomic E-state index is 12.8. The molecule has 100 valence electrons. The van der Waals surface area contributed by atoms with Crippen LogP contribution in [0.4, 0.5) is 4.39 Å². The van der Waals surface area contributed by atoms with Gasteiger partial charge in [-0.2, -0.15) is 4.98 Å². The number of rotatable bonds is 3. The predicted molar refractivity (Wildman–Crippen MR) is 65.6 cm³/mol. The molecule has 1 aliphatic rings. The molecule has 1 aliphatic heterocycles. The third-order valence-corrected chi connectivity index (χ3v) is 3.18. The minimum atomic E-state index is -0.293. The molecule has 1 atom stereocenters. The van der Waals surface area contributed by atoms with Crippen LogP contribution in [0.25, 0.3) is 11.4 Å². The lowest BCUT2D eigenvalue weighted by molar-refractivity contribution is 0.169. The van der Waals surface area contributed by atoms with Crippen LogP contribution in [0.15, 0.2) is 28.8 Å². The second-order valence-corrected chi connectivity index (χ2v) is 4.70. The van der Waals surface area contributed by atoms with Crippen molar-refractivity contribution in [3.8, 4) is 11.4 Å². The van der Waals surface area contributed by atoms with Gasteiger partial charge in [0.05, 0.1) is 12.6 Å². The quantitative estimate of drug-likeness (QED) is 0.908. The molecule has 0 saturated carbocycles. The second kappa shape index (κ2) is 5.07. The number of nitrogens with zero attached hydrogens (tertiary/aromatic N) is 3. The maximum absolute atomic E-state index is 12.8. The smallest absolute Gasteiger partial charge is 0.241 e. The van der Waals surface area contributed by atoms with Gasteiger partial charge in [-0.15, -0.1) is 0 Å². The first-order valence-corrected chi connectivity index (χ1v) is 6.19. The molecule has 1 saturated heterocycles. The monoisotopic (exact) mass is 263 g/mol. The molecule has 1 aromatic carbocycles. The fourth-order valence-corrected chi connectivity index (χ4v) is 2.18. The molecule has 1 fully saturated rings. The number of aromatic nitrogens is 2. The molecule has 5 nitrogen and oxygen atoms in total. The molecule has 0 unspecified atom stereocenters. The number of likely N-dealkylation sites (tertiary alicyclic amines) is 1. The highest BCUT2D eigenvalue weighted by atomic mass is 19.1. The molecule has 1 N–H and O–H groups in total. The van der Waals surface area contributed by atoms with Crippen LogP contribution in [0.3, 0.4) is 0 Å². The van der Waals surface area contributed by atoms with Crippen molar-refractivity contribution in [1.82, 2.24) is 15.0 Å². The minimum Gasteiger partial charge on any atom is -0.392 e. The van der Waals surface area contributed by atoms with Gasteiger partial charge in [0.2, 0.25) is 11.7 Å². The van der Waals surface area contributed by atoms with Crippen LogP contribution in [-0.4, -0.2) is 39.3 Å². The highest BCUT2D eigenvalue weighted by Crippen LogP contribution is 2.18. The summed E-state index contributed by atoms with van der Waals surface area (Å²) in [6, 6.07) is 5.96. The van der Waals surface area contributed by atoms with Gasteiger partial charge in [0, 0.05) is 18.7 Å². The van der Waals surface area contributed by atoms with Crippen LogP contribution in [0.5, 0.6) is 0 Å². The van der Waals surface area contributed by atoms with Gasteiger partial charge in [-0.05, 0) is 30.7 Å². The molecule has 0 spiro atoms. The first kappa shape index (κ1) is 12.3. The minimum absolute atomic E-state index is 0.264. The number of halogens is 1. The lowest BCUT2D eigenvalue weighted by atomic mass is 10.2. The predicted octanol–water partition coefficient (Wildman–Crippen LogP) is 1.44. The standard InChI is InChI=1S/C13H14FN3O2/c14-10-3-1-9(2-4-10)13-15-12(19-16-13)8-17-6-5-11(18)7-17/h1-4,11,18H,5-8H2/t11-/m1/s1. The fraction of sp³-hybridized carbons (Fsp3) is 0.385. The third kappa shape index (κ3) is 2.80. The maximum Gasteiger partial charge on any atom is 0.241 e. The first-order chi connectivity index (χ1) is 9.20. The topological polar surface area (TPSA) is 62.4 Å². The zero-order valence-electron chi connectivity index (χ0n) is 10.3. The molecule has 0 aliphatic carbocycles. The van der Waals surface area contributed by atoms with Crippen molar-refractivity contribution < 1.29 is 14.0 Å². The summed E-state index contributed by atoms with van der Waals surface area (Å²) in [6.45, 7) is 1.99. The molecular formula is C13H14FN3O2. The van der Waals surface area contributed by atoms with Crippen LogP contribution in [-0.2, 0) is 6.54 Å². The van der Waals surface area contributed by atoms with E-state index in [-0.39, 0.29) is 11.9 Å². The lowest BCUT2D eigenvalue weighted by Gasteiger charge is -2.10. The van der Waals surface area contributed by atoms with Gasteiger partial charge in [0.15, 0.2) is 0 Å². The number of hydrogen-bond donors (Lipinski definition) is 1. The summed E-state index contributed by atoms with van der Waals surface area (Å²) in [5, 5.41) is 13.3. The molecule has 19 heavy (non-hydrogen) atoms. The second-order valence-electron chi connectivity index (χ2n) is 4.70. The molecule has 6 heteroatoms. The SMILES string of the molecule is O[C@@H]1CCN(Cc2nc(-c3ccc(F)cc3)no2)C1. The molecule has 1 aromatic heterocycles. The van der Waals surface area contributed by atoms with E-state index in [0.717, 1.165) is 18.5 Å². The van der Waals surface area contributed by atoms with Crippen LogP contribution in [0.1, 0.15) is 12.3 Å². The summed E-state index contributed by atoms with van der Waals surface area (Å²) in [5.74, 6) is 0.668. The van der Waals surface area contributed by atoms with Crippen molar-refractivity contribution in [2.45, 2.75) is 19.1 Å². The van der Waals surface area contributed by atoms with E-state index >= 15 is 0 Å². The highest BCUT2D eigenvalue weighted by Gasteiger charge is 2.22. The van der Waals surface area contributed by atoms with E-state index in [1.807, 2.05) is 0 Å². The summed E-state index contributed by atoms with van der Waals surface area (Å²) >= 11 is 0. The summed E-state index contributed by atoms with van der Waals surface area (Å²) < 4.78 is 18.0. The van der Waals surface area contributed by atoms with E-state index in [4.69, 9.17) is 4.52 Å². The number of aliphatic hydroxyl groups is 1.